The van der Waals surface area contributed by atoms with Gasteiger partial charge in [0.1, 0.15) is 5.71 Å². The average molecular weight is 331 g/mol. The van der Waals surface area contributed by atoms with Crippen molar-refractivity contribution in [2.45, 2.75) is 13.8 Å². The minimum Gasteiger partial charge on any atom is -0.347 e. The highest BCUT2D eigenvalue weighted by Gasteiger charge is 2.22. The van der Waals surface area contributed by atoms with Gasteiger partial charge in [0, 0.05) is 25.2 Å². The second-order valence-corrected chi connectivity index (χ2v) is 6.31. The number of hydrogen-bond acceptors (Lipinski definition) is 4. The topological polar surface area (TPSA) is 45.0 Å². The van der Waals surface area contributed by atoms with E-state index in [1.54, 1.807) is 6.92 Å². The van der Waals surface area contributed by atoms with Gasteiger partial charge in [-0.2, -0.15) is 0 Å². The van der Waals surface area contributed by atoms with Gasteiger partial charge in [-0.15, -0.1) is 0 Å². The van der Waals surface area contributed by atoms with Gasteiger partial charge in [-0.3, -0.25) is 4.79 Å². The number of ketones is 1. The molecule has 0 atom stereocenters. The van der Waals surface area contributed by atoms with Gasteiger partial charge in [0.05, 0.1) is 5.70 Å². The molecule has 4 heteroatoms. The van der Waals surface area contributed by atoms with Crippen LogP contribution in [0.2, 0.25) is 0 Å². The van der Waals surface area contributed by atoms with E-state index in [9.17, 15) is 4.79 Å². The van der Waals surface area contributed by atoms with Crippen molar-refractivity contribution in [2.75, 3.05) is 14.1 Å². The summed E-state index contributed by atoms with van der Waals surface area (Å²) in [6.07, 6.45) is 2.01. The van der Waals surface area contributed by atoms with E-state index in [4.69, 9.17) is 0 Å². The van der Waals surface area contributed by atoms with Crippen molar-refractivity contribution in [2.24, 2.45) is 9.98 Å². The summed E-state index contributed by atoms with van der Waals surface area (Å²) in [6.45, 7) is 3.64. The molecular formula is C21H21N3O. The number of benzene rings is 2. The zero-order chi connectivity index (χ0) is 18.0. The molecule has 126 valence electrons. The SMILES string of the molecule is CC(=O)c1ccccc1C1=NC(N(C)C)=N/C1=C\c1ccc(C)cc1. The normalized spacial score (nSPS) is 15.1. The summed E-state index contributed by atoms with van der Waals surface area (Å²) in [4.78, 5) is 23.2. The Kier molecular flexibility index (Phi) is 4.61. The third-order valence-corrected chi connectivity index (χ3v) is 4.02. The van der Waals surface area contributed by atoms with Gasteiger partial charge >= 0.3 is 0 Å². The molecule has 0 unspecified atom stereocenters. The first kappa shape index (κ1) is 16.8. The van der Waals surface area contributed by atoms with Crippen molar-refractivity contribution < 1.29 is 4.79 Å². The Balaban J connectivity index is 2.12. The van der Waals surface area contributed by atoms with Crippen LogP contribution >= 0.6 is 0 Å². The molecule has 2 aromatic rings. The minimum absolute atomic E-state index is 0.0197. The lowest BCUT2D eigenvalue weighted by atomic mass is 9.98. The quantitative estimate of drug-likeness (QED) is 0.799. The average Bonchev–Trinajstić information content (AvgIpc) is 3.01. The molecule has 0 saturated carbocycles. The van der Waals surface area contributed by atoms with Crippen LogP contribution in [0.5, 0.6) is 0 Å². The molecule has 4 nitrogen and oxygen atoms in total. The number of hydrogen-bond donors (Lipinski definition) is 0. The molecule has 0 spiro atoms. The monoisotopic (exact) mass is 331 g/mol. The number of aliphatic imine (C=N–C) groups is 2. The van der Waals surface area contributed by atoms with Gasteiger partial charge in [-0.05, 0) is 25.5 Å². The first-order valence-corrected chi connectivity index (χ1v) is 8.19. The van der Waals surface area contributed by atoms with Crippen molar-refractivity contribution in [1.29, 1.82) is 0 Å². The lowest BCUT2D eigenvalue weighted by Gasteiger charge is -2.08. The molecule has 0 N–H and O–H groups in total. The Morgan fingerprint density at radius 3 is 2.32 bits per heavy atom. The summed E-state index contributed by atoms with van der Waals surface area (Å²) < 4.78 is 0. The van der Waals surface area contributed by atoms with Crippen LogP contribution in [0.15, 0.2) is 64.2 Å². The van der Waals surface area contributed by atoms with Crippen LogP contribution in [0.25, 0.3) is 6.08 Å². The second kappa shape index (κ2) is 6.85. The highest BCUT2D eigenvalue weighted by atomic mass is 16.1. The van der Waals surface area contributed by atoms with E-state index in [0.29, 0.717) is 11.5 Å². The second-order valence-electron chi connectivity index (χ2n) is 6.31. The first-order chi connectivity index (χ1) is 12.0. The van der Waals surface area contributed by atoms with E-state index in [1.807, 2.05) is 49.3 Å². The van der Waals surface area contributed by atoms with Crippen LogP contribution in [0.3, 0.4) is 0 Å². The maximum atomic E-state index is 12.0. The molecule has 0 aromatic heterocycles. The summed E-state index contributed by atoms with van der Waals surface area (Å²) in [5.41, 5.74) is 5.23. The molecule has 1 aliphatic heterocycles. The van der Waals surface area contributed by atoms with Crippen LogP contribution in [-0.4, -0.2) is 36.4 Å². The minimum atomic E-state index is 0.0197. The number of carbonyl (C=O) groups excluding carboxylic acids is 1. The van der Waals surface area contributed by atoms with Crippen molar-refractivity contribution >= 4 is 23.5 Å². The van der Waals surface area contributed by atoms with E-state index in [2.05, 4.69) is 41.2 Å². The molecule has 1 aliphatic rings. The molecular weight excluding hydrogens is 310 g/mol. The van der Waals surface area contributed by atoms with Gasteiger partial charge in [-0.1, -0.05) is 54.1 Å². The van der Waals surface area contributed by atoms with Crippen molar-refractivity contribution in [3.63, 3.8) is 0 Å². The molecule has 0 bridgehead atoms. The van der Waals surface area contributed by atoms with Crippen LogP contribution < -0.4 is 0 Å². The summed E-state index contributed by atoms with van der Waals surface area (Å²) in [6, 6.07) is 15.8. The molecule has 0 saturated heterocycles. The predicted molar refractivity (Wildman–Crippen MR) is 103 cm³/mol. The molecule has 0 amide bonds. The van der Waals surface area contributed by atoms with Crippen molar-refractivity contribution in [1.82, 2.24) is 4.90 Å². The van der Waals surface area contributed by atoms with Crippen LogP contribution in [-0.2, 0) is 0 Å². The van der Waals surface area contributed by atoms with Gasteiger partial charge in [0.25, 0.3) is 0 Å². The Morgan fingerprint density at radius 1 is 1.00 bits per heavy atom. The zero-order valence-electron chi connectivity index (χ0n) is 14.9. The third kappa shape index (κ3) is 3.58. The molecule has 25 heavy (non-hydrogen) atoms. The molecule has 0 fully saturated rings. The summed E-state index contributed by atoms with van der Waals surface area (Å²) in [7, 11) is 3.82. The Labute approximate surface area is 148 Å². The standard InChI is InChI=1S/C21H21N3O/c1-14-9-11-16(12-10-14)13-19-20(23-21(22-19)24(3)4)18-8-6-5-7-17(18)15(2)25/h5-13H,1-4H3/b19-13-. The van der Waals surface area contributed by atoms with Crippen molar-refractivity contribution in [3.8, 4) is 0 Å². The number of aryl methyl sites for hydroxylation is 1. The smallest absolute Gasteiger partial charge is 0.226 e. The summed E-state index contributed by atoms with van der Waals surface area (Å²) in [5, 5.41) is 0. The molecule has 2 aromatic carbocycles. The number of nitrogens with zero attached hydrogens (tertiary/aromatic N) is 3. The fourth-order valence-electron chi connectivity index (χ4n) is 2.66. The Hall–Kier alpha value is -3.01. The fraction of sp³-hybridized carbons (Fsp3) is 0.190. The van der Waals surface area contributed by atoms with Gasteiger partial charge < -0.3 is 4.90 Å². The number of allylic oxidation sites excluding steroid dienone is 1. The number of carbonyl (C=O) groups is 1. The highest BCUT2D eigenvalue weighted by Crippen LogP contribution is 2.23. The van der Waals surface area contributed by atoms with E-state index in [-0.39, 0.29) is 5.78 Å². The van der Waals surface area contributed by atoms with Gasteiger partial charge in [-0.25, -0.2) is 9.98 Å². The summed E-state index contributed by atoms with van der Waals surface area (Å²) >= 11 is 0. The molecule has 1 heterocycles. The first-order valence-electron chi connectivity index (χ1n) is 8.19. The Bertz CT molecular complexity index is 903. The lowest BCUT2D eigenvalue weighted by molar-refractivity contribution is 0.101. The van der Waals surface area contributed by atoms with E-state index in [0.717, 1.165) is 22.5 Å². The molecule has 0 aliphatic carbocycles. The Morgan fingerprint density at radius 2 is 1.68 bits per heavy atom. The maximum absolute atomic E-state index is 12.0. The number of rotatable bonds is 3. The molecule has 0 radical (unpaired) electrons. The van der Waals surface area contributed by atoms with Gasteiger partial charge in [0.15, 0.2) is 5.78 Å². The largest absolute Gasteiger partial charge is 0.347 e. The third-order valence-electron chi connectivity index (χ3n) is 4.02. The van der Waals surface area contributed by atoms with Crippen LogP contribution in [0.4, 0.5) is 0 Å². The fourth-order valence-corrected chi connectivity index (χ4v) is 2.66. The number of Topliss-reactive ketones (excluding diaryl/α,β-unsaturated/α-hetero) is 1. The summed E-state index contributed by atoms with van der Waals surface area (Å²) in [5.74, 6) is 0.651. The maximum Gasteiger partial charge on any atom is 0.226 e. The lowest BCUT2D eigenvalue weighted by Crippen LogP contribution is -2.18. The highest BCUT2D eigenvalue weighted by molar-refractivity contribution is 6.25. The zero-order valence-corrected chi connectivity index (χ0v) is 14.9. The van der Waals surface area contributed by atoms with Gasteiger partial charge in [0.2, 0.25) is 5.96 Å². The van der Waals surface area contributed by atoms with E-state index in [1.165, 1.54) is 5.56 Å². The van der Waals surface area contributed by atoms with Crippen molar-refractivity contribution in [3.05, 3.63) is 76.5 Å². The van der Waals surface area contributed by atoms with Crippen LogP contribution in [0, 0.1) is 6.92 Å². The van der Waals surface area contributed by atoms with E-state index < -0.39 is 0 Å². The predicted octanol–water partition coefficient (Wildman–Crippen LogP) is 3.96. The number of guanidine groups is 1. The van der Waals surface area contributed by atoms with E-state index >= 15 is 0 Å². The molecule has 3 rings (SSSR count). The van der Waals surface area contributed by atoms with Crippen LogP contribution in [0.1, 0.15) is 34.0 Å².